The molecule has 3 aromatic carbocycles. The molecule has 1 amide bonds. The monoisotopic (exact) mass is 412 g/mol. The number of nitrogens with zero attached hydrogens (tertiary/aromatic N) is 1. The van der Waals surface area contributed by atoms with Crippen LogP contribution in [-0.4, -0.2) is 25.9 Å². The van der Waals surface area contributed by atoms with Crippen LogP contribution in [0.3, 0.4) is 0 Å². The van der Waals surface area contributed by atoms with Crippen molar-refractivity contribution in [1.29, 1.82) is 0 Å². The van der Waals surface area contributed by atoms with E-state index in [1.807, 2.05) is 48.5 Å². The Labute approximate surface area is 181 Å². The Hall–Kier alpha value is -3.31. The first-order valence-electron chi connectivity index (χ1n) is 10.5. The minimum Gasteiger partial charge on any atom is -0.491 e. The van der Waals surface area contributed by atoms with Gasteiger partial charge in [0.2, 0.25) is 6.79 Å². The lowest BCUT2D eigenvalue weighted by molar-refractivity contribution is -0.133. The van der Waals surface area contributed by atoms with Crippen molar-refractivity contribution in [3.8, 4) is 17.2 Å². The quantitative estimate of drug-likeness (QED) is 0.605. The standard InChI is InChI=1S/C26H22NO4/c1-3-27(14-18-8-6-7-17(2)11-18)21-10-5-4-9-19(21)26(25(27)28)15-29-22-13-24-23(12-20(22)26)30-16-31-24/h2,4-13H,3,14-16H2,1H3/q+1. The SMILES string of the molecule is [CH]c1cccc(C[N+]2(CC)C(=O)C3(COc4cc5c(cc43)OCO5)c3ccccc32)c1. The van der Waals surface area contributed by atoms with Gasteiger partial charge >= 0.3 is 5.91 Å². The zero-order valence-electron chi connectivity index (χ0n) is 17.3. The third-order valence-electron chi connectivity index (χ3n) is 6.90. The lowest BCUT2D eigenvalue weighted by Gasteiger charge is -2.32. The lowest BCUT2D eigenvalue weighted by Crippen LogP contribution is -2.56. The Morgan fingerprint density at radius 3 is 2.55 bits per heavy atom. The molecule has 31 heavy (non-hydrogen) atoms. The predicted octanol–water partition coefficient (Wildman–Crippen LogP) is 4.22. The zero-order chi connectivity index (χ0) is 21.2. The van der Waals surface area contributed by atoms with Crippen molar-refractivity contribution in [1.82, 2.24) is 4.48 Å². The molecule has 5 nitrogen and oxygen atoms in total. The summed E-state index contributed by atoms with van der Waals surface area (Å²) in [5, 5.41) is 0. The number of quaternary nitrogens is 1. The Kier molecular flexibility index (Phi) is 3.78. The van der Waals surface area contributed by atoms with Crippen LogP contribution in [0.1, 0.15) is 29.2 Å². The van der Waals surface area contributed by atoms with Gasteiger partial charge in [0.1, 0.15) is 24.6 Å². The van der Waals surface area contributed by atoms with E-state index in [9.17, 15) is 4.79 Å². The second-order valence-electron chi connectivity index (χ2n) is 8.41. The minimum atomic E-state index is -0.872. The summed E-state index contributed by atoms with van der Waals surface area (Å²) in [4.78, 5) is 14.5. The van der Waals surface area contributed by atoms with E-state index in [-0.39, 0.29) is 23.8 Å². The highest BCUT2D eigenvalue weighted by Gasteiger charge is 2.66. The molecule has 3 aromatic rings. The summed E-state index contributed by atoms with van der Waals surface area (Å²) in [6.07, 6.45) is 0. The van der Waals surface area contributed by atoms with Crippen molar-refractivity contribution in [3.63, 3.8) is 0 Å². The van der Waals surface area contributed by atoms with Crippen molar-refractivity contribution in [3.05, 3.63) is 89.8 Å². The van der Waals surface area contributed by atoms with Gasteiger partial charge in [-0.3, -0.25) is 0 Å². The van der Waals surface area contributed by atoms with Crippen LogP contribution >= 0.6 is 0 Å². The fraction of sp³-hybridized carbons (Fsp3) is 0.231. The van der Waals surface area contributed by atoms with Crippen LogP contribution in [0, 0.1) is 6.92 Å². The number of hydrogen-bond acceptors (Lipinski definition) is 4. The van der Waals surface area contributed by atoms with Crippen LogP contribution in [0.15, 0.2) is 60.7 Å². The first-order valence-corrected chi connectivity index (χ1v) is 10.5. The van der Waals surface area contributed by atoms with E-state index in [2.05, 4.69) is 19.1 Å². The molecule has 3 heterocycles. The molecule has 5 heteroatoms. The van der Waals surface area contributed by atoms with E-state index in [1.54, 1.807) is 0 Å². The number of carbonyl (C=O) groups excluding carboxylic acids is 1. The van der Waals surface area contributed by atoms with E-state index in [0.717, 1.165) is 22.4 Å². The summed E-state index contributed by atoms with van der Waals surface area (Å²) in [6.45, 7) is 9.73. The summed E-state index contributed by atoms with van der Waals surface area (Å²) in [6, 6.07) is 19.7. The second-order valence-corrected chi connectivity index (χ2v) is 8.41. The molecule has 2 atom stereocenters. The van der Waals surface area contributed by atoms with Gasteiger partial charge in [0, 0.05) is 22.8 Å². The Morgan fingerprint density at radius 1 is 0.935 bits per heavy atom. The zero-order valence-corrected chi connectivity index (χ0v) is 17.3. The molecule has 6 rings (SSSR count). The molecular formula is C26H22NO4+. The van der Waals surface area contributed by atoms with Crippen LogP contribution in [0.4, 0.5) is 5.69 Å². The number of rotatable bonds is 3. The maximum atomic E-state index is 14.5. The van der Waals surface area contributed by atoms with Crippen LogP contribution < -0.4 is 18.7 Å². The van der Waals surface area contributed by atoms with Gasteiger partial charge in [0.25, 0.3) is 0 Å². The molecule has 0 bridgehead atoms. The summed E-state index contributed by atoms with van der Waals surface area (Å²) in [5.74, 6) is 2.13. The van der Waals surface area contributed by atoms with Gasteiger partial charge in [0.05, 0.1) is 6.54 Å². The highest BCUT2D eigenvalue weighted by atomic mass is 16.7. The molecule has 2 unspecified atom stereocenters. The van der Waals surface area contributed by atoms with Crippen LogP contribution in [0.2, 0.25) is 0 Å². The smallest absolute Gasteiger partial charge is 0.337 e. The molecule has 3 aliphatic rings. The van der Waals surface area contributed by atoms with Crippen molar-refractivity contribution < 1.29 is 19.0 Å². The highest BCUT2D eigenvalue weighted by Crippen LogP contribution is 2.57. The first kappa shape index (κ1) is 18.5. The number of likely N-dealkylation sites (N-methyl/N-ethyl adjacent to an activating group) is 1. The number of fused-ring (bicyclic) bond motifs is 5. The Balaban J connectivity index is 1.57. The maximum absolute atomic E-state index is 14.5. The van der Waals surface area contributed by atoms with Crippen molar-refractivity contribution >= 4 is 11.6 Å². The Morgan fingerprint density at radius 2 is 1.74 bits per heavy atom. The van der Waals surface area contributed by atoms with Gasteiger partial charge in [-0.05, 0) is 37.6 Å². The van der Waals surface area contributed by atoms with Gasteiger partial charge in [-0.2, -0.15) is 0 Å². The normalized spacial score (nSPS) is 24.9. The predicted molar refractivity (Wildman–Crippen MR) is 116 cm³/mol. The molecule has 2 radical (unpaired) electrons. The van der Waals surface area contributed by atoms with Crippen molar-refractivity contribution in [2.24, 2.45) is 0 Å². The Bertz CT molecular complexity index is 1240. The molecule has 154 valence electrons. The molecule has 1 spiro atoms. The first-order chi connectivity index (χ1) is 15.1. The van der Waals surface area contributed by atoms with E-state index >= 15 is 0 Å². The van der Waals surface area contributed by atoms with Gasteiger partial charge in [0.15, 0.2) is 16.9 Å². The summed E-state index contributed by atoms with van der Waals surface area (Å²) >= 11 is 0. The van der Waals surface area contributed by atoms with Crippen LogP contribution in [0.5, 0.6) is 17.2 Å². The fourth-order valence-corrected chi connectivity index (χ4v) is 5.42. The van der Waals surface area contributed by atoms with Gasteiger partial charge < -0.3 is 14.2 Å². The van der Waals surface area contributed by atoms with Crippen LogP contribution in [0.25, 0.3) is 0 Å². The van der Waals surface area contributed by atoms with Crippen molar-refractivity contribution in [2.45, 2.75) is 18.9 Å². The number of hydrogen-bond donors (Lipinski definition) is 0. The van der Waals surface area contributed by atoms with Gasteiger partial charge in [-0.25, -0.2) is 9.28 Å². The van der Waals surface area contributed by atoms with Gasteiger partial charge in [-0.15, -0.1) is 0 Å². The lowest BCUT2D eigenvalue weighted by atomic mass is 9.77. The molecule has 0 fully saturated rings. The molecule has 0 saturated carbocycles. The third kappa shape index (κ3) is 2.32. The summed E-state index contributed by atoms with van der Waals surface area (Å²) < 4.78 is 17.5. The average molecular weight is 412 g/mol. The highest BCUT2D eigenvalue weighted by molar-refractivity contribution is 6.08. The molecule has 0 aromatic heterocycles. The number of carbonyl (C=O) groups is 1. The fourth-order valence-electron chi connectivity index (χ4n) is 5.42. The van der Waals surface area contributed by atoms with E-state index < -0.39 is 5.41 Å². The number of amides is 1. The second kappa shape index (κ2) is 6.34. The number of ether oxygens (including phenoxy) is 3. The van der Waals surface area contributed by atoms with Gasteiger partial charge in [-0.1, -0.05) is 36.4 Å². The summed E-state index contributed by atoms with van der Waals surface area (Å²) in [7, 11) is 0. The maximum Gasteiger partial charge on any atom is 0.337 e. The topological polar surface area (TPSA) is 44.8 Å². The number of para-hydroxylation sites is 1. The van der Waals surface area contributed by atoms with E-state index in [1.165, 1.54) is 0 Å². The molecule has 0 N–H and O–H groups in total. The van der Waals surface area contributed by atoms with Crippen molar-refractivity contribution in [2.75, 3.05) is 19.9 Å². The average Bonchev–Trinajstić information content (AvgIpc) is 3.44. The minimum absolute atomic E-state index is 0.122. The summed E-state index contributed by atoms with van der Waals surface area (Å²) in [5.41, 5.74) is 3.74. The van der Waals surface area contributed by atoms with E-state index in [0.29, 0.717) is 35.9 Å². The molecular weight excluding hydrogens is 390 g/mol. The molecule has 0 aliphatic carbocycles. The van der Waals surface area contributed by atoms with Crippen LogP contribution in [-0.2, 0) is 16.8 Å². The molecule has 0 saturated heterocycles. The largest absolute Gasteiger partial charge is 0.491 e. The third-order valence-corrected chi connectivity index (χ3v) is 6.90. The number of benzene rings is 3. The van der Waals surface area contributed by atoms with E-state index in [4.69, 9.17) is 21.1 Å². The molecule has 3 aliphatic heterocycles.